The van der Waals surface area contributed by atoms with Crippen molar-refractivity contribution in [3.63, 3.8) is 0 Å². The number of likely N-dealkylation sites (tertiary alicyclic amines) is 1. The zero-order valence-corrected chi connectivity index (χ0v) is 17.7. The highest BCUT2D eigenvalue weighted by Crippen LogP contribution is 2.53. The standard InChI is InChI=1S/C24H24ClN3O2/c1-16-5-2-8-19-21(16)20(12-26-23(19)27-18-7-3-6-17(25)11-18)22-24(14-30-22)9-4-10-28(13-24)15-29/h2-3,5-8,11-12,15,22H,4,9-10,13-14H2,1H3,(H,26,27). The molecule has 2 atom stereocenters. The molecule has 6 heteroatoms. The van der Waals surface area contributed by atoms with Gasteiger partial charge in [-0.05, 0) is 48.9 Å². The lowest BCUT2D eigenvalue weighted by molar-refractivity contribution is -0.211. The van der Waals surface area contributed by atoms with Gasteiger partial charge in [-0.15, -0.1) is 0 Å². The molecule has 5 rings (SSSR count). The molecular formula is C24H24ClN3O2. The lowest BCUT2D eigenvalue weighted by Gasteiger charge is -2.53. The Balaban J connectivity index is 1.57. The average molecular weight is 422 g/mol. The molecule has 1 spiro atoms. The van der Waals surface area contributed by atoms with Gasteiger partial charge in [0.15, 0.2) is 0 Å². The van der Waals surface area contributed by atoms with Crippen molar-refractivity contribution in [3.05, 3.63) is 64.8 Å². The number of piperidine rings is 1. The van der Waals surface area contributed by atoms with Crippen molar-refractivity contribution in [1.82, 2.24) is 9.88 Å². The quantitative estimate of drug-likeness (QED) is 0.584. The first-order valence-electron chi connectivity index (χ1n) is 10.3. The molecule has 2 saturated heterocycles. The third kappa shape index (κ3) is 3.22. The van der Waals surface area contributed by atoms with Crippen molar-refractivity contribution in [2.45, 2.75) is 25.9 Å². The van der Waals surface area contributed by atoms with Crippen LogP contribution in [0.15, 0.2) is 48.7 Å². The summed E-state index contributed by atoms with van der Waals surface area (Å²) in [6.45, 7) is 4.40. The number of nitrogens with zero attached hydrogens (tertiary/aromatic N) is 2. The van der Waals surface area contributed by atoms with Crippen LogP contribution < -0.4 is 5.32 Å². The van der Waals surface area contributed by atoms with Crippen LogP contribution in [0.5, 0.6) is 0 Å². The molecule has 3 heterocycles. The zero-order chi connectivity index (χ0) is 20.7. The molecule has 2 aliphatic rings. The number of aryl methyl sites for hydroxylation is 1. The summed E-state index contributed by atoms with van der Waals surface area (Å²) < 4.78 is 6.12. The maximum atomic E-state index is 11.4. The molecule has 2 aromatic carbocycles. The first-order valence-corrected chi connectivity index (χ1v) is 10.7. The highest BCUT2D eigenvalue weighted by atomic mass is 35.5. The van der Waals surface area contributed by atoms with Crippen LogP contribution in [0.25, 0.3) is 10.8 Å². The second kappa shape index (κ2) is 7.56. The van der Waals surface area contributed by atoms with Crippen LogP contribution >= 0.6 is 11.6 Å². The zero-order valence-electron chi connectivity index (χ0n) is 16.9. The van der Waals surface area contributed by atoms with Crippen LogP contribution in [0.3, 0.4) is 0 Å². The number of carbonyl (C=O) groups excluding carboxylic acids is 1. The molecule has 0 aliphatic carbocycles. The number of fused-ring (bicyclic) bond motifs is 1. The number of nitrogens with one attached hydrogen (secondary N) is 1. The highest BCUT2D eigenvalue weighted by molar-refractivity contribution is 6.30. The van der Waals surface area contributed by atoms with Crippen molar-refractivity contribution in [1.29, 1.82) is 0 Å². The van der Waals surface area contributed by atoms with Gasteiger partial charge in [-0.3, -0.25) is 4.79 Å². The van der Waals surface area contributed by atoms with E-state index in [1.807, 2.05) is 35.4 Å². The summed E-state index contributed by atoms with van der Waals surface area (Å²) in [5.41, 5.74) is 3.18. The van der Waals surface area contributed by atoms with E-state index in [0.717, 1.165) is 54.8 Å². The number of carbonyl (C=O) groups is 1. The summed E-state index contributed by atoms with van der Waals surface area (Å²) in [6, 6.07) is 13.9. The van der Waals surface area contributed by atoms with E-state index in [9.17, 15) is 4.79 Å². The fourth-order valence-electron chi connectivity index (χ4n) is 4.96. The van der Waals surface area contributed by atoms with Gasteiger partial charge in [0, 0.05) is 46.4 Å². The average Bonchev–Trinajstić information content (AvgIpc) is 2.75. The predicted molar refractivity (Wildman–Crippen MR) is 119 cm³/mol. The number of hydrogen-bond acceptors (Lipinski definition) is 4. The maximum Gasteiger partial charge on any atom is 0.209 e. The number of hydrogen-bond donors (Lipinski definition) is 1. The van der Waals surface area contributed by atoms with Crippen LogP contribution in [-0.4, -0.2) is 36.0 Å². The molecule has 2 unspecified atom stereocenters. The van der Waals surface area contributed by atoms with Crippen LogP contribution in [0.1, 0.15) is 30.1 Å². The Kier molecular flexibility index (Phi) is 4.88. The molecule has 0 radical (unpaired) electrons. The van der Waals surface area contributed by atoms with Crippen molar-refractivity contribution in [3.8, 4) is 0 Å². The molecule has 1 N–H and O–H groups in total. The van der Waals surface area contributed by atoms with Gasteiger partial charge in [0.25, 0.3) is 0 Å². The fourth-order valence-corrected chi connectivity index (χ4v) is 5.15. The van der Waals surface area contributed by atoms with E-state index in [0.29, 0.717) is 11.6 Å². The van der Waals surface area contributed by atoms with Gasteiger partial charge in [-0.25, -0.2) is 4.98 Å². The van der Waals surface area contributed by atoms with Gasteiger partial charge >= 0.3 is 0 Å². The smallest absolute Gasteiger partial charge is 0.209 e. The molecule has 2 fully saturated rings. The summed E-state index contributed by atoms with van der Waals surface area (Å²) in [7, 11) is 0. The Morgan fingerprint density at radius 1 is 1.30 bits per heavy atom. The maximum absolute atomic E-state index is 11.4. The molecule has 3 aromatic rings. The summed E-state index contributed by atoms with van der Waals surface area (Å²) >= 11 is 6.15. The van der Waals surface area contributed by atoms with Crippen molar-refractivity contribution in [2.24, 2.45) is 5.41 Å². The predicted octanol–water partition coefficient (Wildman–Crippen LogP) is 5.25. The van der Waals surface area contributed by atoms with Gasteiger partial charge in [0.05, 0.1) is 12.7 Å². The fraction of sp³-hybridized carbons (Fsp3) is 0.333. The Hall–Kier alpha value is -2.63. The SMILES string of the molecule is Cc1cccc2c(Nc3cccc(Cl)c3)ncc(C3OCC34CCCN(C=O)C4)c12. The van der Waals surface area contributed by atoms with Gasteiger partial charge in [-0.1, -0.05) is 35.9 Å². The van der Waals surface area contributed by atoms with E-state index < -0.39 is 0 Å². The Morgan fingerprint density at radius 2 is 2.17 bits per heavy atom. The monoisotopic (exact) mass is 421 g/mol. The van der Waals surface area contributed by atoms with E-state index in [4.69, 9.17) is 21.3 Å². The largest absolute Gasteiger partial charge is 0.372 e. The van der Waals surface area contributed by atoms with Crippen LogP contribution in [0, 0.1) is 12.3 Å². The minimum atomic E-state index is -0.0448. The van der Waals surface area contributed by atoms with Crippen molar-refractivity contribution < 1.29 is 9.53 Å². The second-order valence-corrected chi connectivity index (χ2v) is 8.86. The van der Waals surface area contributed by atoms with E-state index in [-0.39, 0.29) is 11.5 Å². The summed E-state index contributed by atoms with van der Waals surface area (Å²) in [5, 5.41) is 6.32. The first kappa shape index (κ1) is 19.3. The van der Waals surface area contributed by atoms with E-state index in [1.165, 1.54) is 10.9 Å². The number of rotatable bonds is 4. The third-order valence-corrected chi connectivity index (χ3v) is 6.63. The highest BCUT2D eigenvalue weighted by Gasteiger charge is 2.51. The van der Waals surface area contributed by atoms with Crippen LogP contribution in [0.2, 0.25) is 5.02 Å². The minimum Gasteiger partial charge on any atom is -0.372 e. The Bertz CT molecular complexity index is 1120. The number of amides is 1. The van der Waals surface area contributed by atoms with E-state index >= 15 is 0 Å². The van der Waals surface area contributed by atoms with Crippen molar-refractivity contribution in [2.75, 3.05) is 25.0 Å². The van der Waals surface area contributed by atoms with Crippen LogP contribution in [0.4, 0.5) is 11.5 Å². The third-order valence-electron chi connectivity index (χ3n) is 6.40. The summed E-state index contributed by atoms with van der Waals surface area (Å²) in [5.74, 6) is 0.797. The number of anilines is 2. The minimum absolute atomic E-state index is 0.0159. The molecule has 1 amide bonds. The Labute approximate surface area is 181 Å². The van der Waals surface area contributed by atoms with Gasteiger partial charge in [0.2, 0.25) is 6.41 Å². The second-order valence-electron chi connectivity index (χ2n) is 8.43. The molecule has 2 aliphatic heterocycles. The number of aromatic nitrogens is 1. The molecule has 154 valence electrons. The first-order chi connectivity index (χ1) is 14.6. The topological polar surface area (TPSA) is 54.5 Å². The lowest BCUT2D eigenvalue weighted by Crippen LogP contribution is -2.55. The molecule has 0 saturated carbocycles. The summed E-state index contributed by atoms with van der Waals surface area (Å²) in [4.78, 5) is 18.1. The molecule has 1 aromatic heterocycles. The van der Waals surface area contributed by atoms with Crippen molar-refractivity contribution >= 4 is 40.3 Å². The number of halogens is 1. The molecule has 30 heavy (non-hydrogen) atoms. The van der Waals surface area contributed by atoms with E-state index in [1.54, 1.807) is 0 Å². The molecule has 5 nitrogen and oxygen atoms in total. The molecule has 0 bridgehead atoms. The van der Waals surface area contributed by atoms with Crippen LogP contribution in [-0.2, 0) is 9.53 Å². The van der Waals surface area contributed by atoms with Gasteiger partial charge < -0.3 is 15.0 Å². The van der Waals surface area contributed by atoms with E-state index in [2.05, 4.69) is 30.4 Å². The number of ether oxygens (including phenoxy) is 1. The Morgan fingerprint density at radius 3 is 2.93 bits per heavy atom. The lowest BCUT2D eigenvalue weighted by atomic mass is 9.69. The summed E-state index contributed by atoms with van der Waals surface area (Å²) in [6.07, 6.45) is 4.94. The van der Waals surface area contributed by atoms with Gasteiger partial charge in [-0.2, -0.15) is 0 Å². The number of benzene rings is 2. The molecular weight excluding hydrogens is 398 g/mol. The number of pyridine rings is 1. The van der Waals surface area contributed by atoms with Gasteiger partial charge in [0.1, 0.15) is 5.82 Å². The normalized spacial score (nSPS) is 23.4.